The second-order valence-electron chi connectivity index (χ2n) is 8.02. The Balaban J connectivity index is 1.34. The van der Waals surface area contributed by atoms with Gasteiger partial charge in [0, 0.05) is 21.5 Å². The molecule has 0 amide bonds. The molecule has 0 saturated heterocycles. The highest BCUT2D eigenvalue weighted by Gasteiger charge is 2.04. The maximum absolute atomic E-state index is 4.75. The number of aromatic nitrogens is 2. The van der Waals surface area contributed by atoms with Crippen molar-refractivity contribution < 1.29 is 0 Å². The van der Waals surface area contributed by atoms with Gasteiger partial charge in [0.15, 0.2) is 0 Å². The Hall–Kier alpha value is -4.70. The van der Waals surface area contributed by atoms with Crippen LogP contribution in [0, 0.1) is 0 Å². The summed E-state index contributed by atoms with van der Waals surface area (Å²) >= 11 is 0. The zero-order chi connectivity index (χ0) is 22.7. The Morgan fingerprint density at radius 1 is 0.441 bits per heavy atom. The van der Waals surface area contributed by atoms with Crippen LogP contribution >= 0.6 is 0 Å². The first-order valence-electron chi connectivity index (χ1n) is 11.1. The lowest BCUT2D eigenvalue weighted by Crippen LogP contribution is -1.88. The summed E-state index contributed by atoms with van der Waals surface area (Å²) < 4.78 is 0. The summed E-state index contributed by atoms with van der Waals surface area (Å²) in [5.41, 5.74) is 5.34. The smallest absolute Gasteiger partial charge is 0.0820 e. The number of rotatable bonds is 4. The van der Waals surface area contributed by atoms with Crippen molar-refractivity contribution in [3.63, 3.8) is 0 Å². The Morgan fingerprint density at radius 2 is 0.912 bits per heavy atom. The minimum atomic E-state index is 0.826. The normalized spacial score (nSPS) is 11.9. The molecule has 4 nitrogen and oxygen atoms in total. The molecule has 6 aromatic rings. The van der Waals surface area contributed by atoms with Crippen LogP contribution in [0.3, 0.4) is 0 Å². The molecule has 2 aromatic heterocycles. The number of pyridine rings is 2. The number of hydrogen-bond donors (Lipinski definition) is 0. The molecule has 0 spiro atoms. The molecular weight excluding hydrogens is 416 g/mol. The van der Waals surface area contributed by atoms with Crippen LogP contribution in [-0.4, -0.2) is 22.4 Å². The summed E-state index contributed by atoms with van der Waals surface area (Å²) in [6.45, 7) is 0. The van der Waals surface area contributed by atoms with Crippen LogP contribution in [0.2, 0.25) is 0 Å². The van der Waals surface area contributed by atoms with Gasteiger partial charge in [-0.2, -0.15) is 0 Å². The van der Waals surface area contributed by atoms with Gasteiger partial charge in [0.25, 0.3) is 0 Å². The van der Waals surface area contributed by atoms with Crippen molar-refractivity contribution >= 4 is 56.4 Å². The second-order valence-corrected chi connectivity index (χ2v) is 8.02. The molecule has 34 heavy (non-hydrogen) atoms. The van der Waals surface area contributed by atoms with Crippen molar-refractivity contribution in [2.24, 2.45) is 9.98 Å². The average Bonchev–Trinajstić information content (AvgIpc) is 2.90. The van der Waals surface area contributed by atoms with Crippen LogP contribution in [0.25, 0.3) is 32.6 Å². The molecule has 0 aliphatic rings. The first-order valence-corrected chi connectivity index (χ1v) is 11.1. The van der Waals surface area contributed by atoms with E-state index >= 15 is 0 Å². The molecule has 0 aliphatic heterocycles. The van der Waals surface area contributed by atoms with Gasteiger partial charge < -0.3 is 0 Å². The Kier molecular flexibility index (Phi) is 5.09. The van der Waals surface area contributed by atoms with E-state index in [4.69, 9.17) is 20.0 Å². The van der Waals surface area contributed by atoms with E-state index < -0.39 is 0 Å². The largest absolute Gasteiger partial charge is 0.254 e. The second kappa shape index (κ2) is 8.68. The highest BCUT2D eigenvalue weighted by molar-refractivity contribution is 6.02. The van der Waals surface area contributed by atoms with E-state index in [1.54, 1.807) is 0 Å². The van der Waals surface area contributed by atoms with E-state index in [1.807, 2.05) is 85.2 Å². The summed E-state index contributed by atoms with van der Waals surface area (Å²) in [5, 5.41) is 4.32. The van der Waals surface area contributed by atoms with E-state index in [1.165, 1.54) is 0 Å². The van der Waals surface area contributed by atoms with Gasteiger partial charge in [-0.05, 0) is 36.4 Å². The molecule has 4 aromatic carbocycles. The first-order chi connectivity index (χ1) is 16.8. The third-order valence-corrected chi connectivity index (χ3v) is 5.79. The van der Waals surface area contributed by atoms with Crippen molar-refractivity contribution in [3.8, 4) is 0 Å². The van der Waals surface area contributed by atoms with Gasteiger partial charge in [-0.3, -0.25) is 9.98 Å². The minimum Gasteiger partial charge on any atom is -0.254 e. The van der Waals surface area contributed by atoms with E-state index in [-0.39, 0.29) is 0 Å². The van der Waals surface area contributed by atoms with Gasteiger partial charge in [0.05, 0.1) is 46.2 Å². The van der Waals surface area contributed by atoms with Gasteiger partial charge in [0.1, 0.15) is 0 Å². The molecule has 0 aliphatic carbocycles. The monoisotopic (exact) mass is 436 g/mol. The topological polar surface area (TPSA) is 50.5 Å². The van der Waals surface area contributed by atoms with E-state index in [2.05, 4.69) is 36.4 Å². The van der Waals surface area contributed by atoms with Crippen LogP contribution in [0.5, 0.6) is 0 Å². The maximum Gasteiger partial charge on any atom is 0.0820 e. The molecule has 160 valence electrons. The molecular formula is C30H20N4. The standard InChI is InChI=1S/C30H20N4/c1-3-11-27-21(7-1)15-17-23(33-27)19-31-29-13-5-10-26-25(29)9-6-14-30(26)32-20-24-18-16-22-8-2-4-12-28(22)34-24/h1-20H. The lowest BCUT2D eigenvalue weighted by molar-refractivity contribution is 1.37. The van der Waals surface area contributed by atoms with Crippen molar-refractivity contribution in [1.82, 2.24) is 9.97 Å². The van der Waals surface area contributed by atoms with E-state index in [0.717, 1.165) is 55.3 Å². The molecule has 0 fully saturated rings. The number of aliphatic imine (C=N–C) groups is 2. The molecule has 0 unspecified atom stereocenters. The molecule has 2 heterocycles. The first kappa shape index (κ1) is 19.9. The Labute approximate surface area is 197 Å². The summed E-state index contributed by atoms with van der Waals surface area (Å²) in [5.74, 6) is 0. The molecule has 0 bridgehead atoms. The summed E-state index contributed by atoms with van der Waals surface area (Å²) in [4.78, 5) is 18.9. The van der Waals surface area contributed by atoms with Crippen molar-refractivity contribution in [2.75, 3.05) is 0 Å². The zero-order valence-corrected chi connectivity index (χ0v) is 18.3. The van der Waals surface area contributed by atoms with Crippen molar-refractivity contribution in [1.29, 1.82) is 0 Å². The lowest BCUT2D eigenvalue weighted by Gasteiger charge is -2.05. The van der Waals surface area contributed by atoms with E-state index in [9.17, 15) is 0 Å². The van der Waals surface area contributed by atoms with Gasteiger partial charge in [-0.15, -0.1) is 0 Å². The van der Waals surface area contributed by atoms with E-state index in [0.29, 0.717) is 0 Å². The number of para-hydroxylation sites is 2. The van der Waals surface area contributed by atoms with Gasteiger partial charge in [-0.1, -0.05) is 72.8 Å². The fourth-order valence-corrected chi connectivity index (χ4v) is 4.08. The zero-order valence-electron chi connectivity index (χ0n) is 18.3. The minimum absolute atomic E-state index is 0.826. The third kappa shape index (κ3) is 3.93. The summed E-state index contributed by atoms with van der Waals surface area (Å²) in [6, 6.07) is 36.5. The number of benzene rings is 4. The number of nitrogens with zero attached hydrogens (tertiary/aromatic N) is 4. The molecule has 6 rings (SSSR count). The lowest BCUT2D eigenvalue weighted by atomic mass is 10.1. The molecule has 4 heteroatoms. The van der Waals surface area contributed by atoms with Crippen LogP contribution in [0.15, 0.2) is 119 Å². The SMILES string of the molecule is C(=Nc1cccc2c(N=Cc3ccc4ccccc4n3)cccc12)c1ccc2ccccc2n1. The van der Waals surface area contributed by atoms with Crippen LogP contribution in [-0.2, 0) is 0 Å². The average molecular weight is 437 g/mol. The quantitative estimate of drug-likeness (QED) is 0.270. The highest BCUT2D eigenvalue weighted by Crippen LogP contribution is 2.32. The van der Waals surface area contributed by atoms with Crippen LogP contribution in [0.1, 0.15) is 11.4 Å². The Morgan fingerprint density at radius 3 is 1.41 bits per heavy atom. The predicted molar refractivity (Wildman–Crippen MR) is 142 cm³/mol. The van der Waals surface area contributed by atoms with Crippen LogP contribution in [0.4, 0.5) is 11.4 Å². The number of fused-ring (bicyclic) bond motifs is 3. The molecule has 0 N–H and O–H groups in total. The van der Waals surface area contributed by atoms with Gasteiger partial charge in [0.2, 0.25) is 0 Å². The predicted octanol–water partition coefficient (Wildman–Crippen LogP) is 7.44. The summed E-state index contributed by atoms with van der Waals surface area (Å²) in [6.07, 6.45) is 3.63. The fraction of sp³-hybridized carbons (Fsp3) is 0. The number of hydrogen-bond acceptors (Lipinski definition) is 4. The summed E-state index contributed by atoms with van der Waals surface area (Å²) in [7, 11) is 0. The maximum atomic E-state index is 4.75. The van der Waals surface area contributed by atoms with Crippen molar-refractivity contribution in [2.45, 2.75) is 0 Å². The van der Waals surface area contributed by atoms with Crippen molar-refractivity contribution in [3.05, 3.63) is 121 Å². The van der Waals surface area contributed by atoms with Gasteiger partial charge in [-0.25, -0.2) is 9.97 Å². The van der Waals surface area contributed by atoms with Gasteiger partial charge >= 0.3 is 0 Å². The Bertz CT molecular complexity index is 1590. The molecule has 0 atom stereocenters. The fourth-order valence-electron chi connectivity index (χ4n) is 4.08. The third-order valence-electron chi connectivity index (χ3n) is 5.79. The molecule has 0 radical (unpaired) electrons. The van der Waals surface area contributed by atoms with Crippen LogP contribution < -0.4 is 0 Å². The highest BCUT2D eigenvalue weighted by atomic mass is 14.8. The molecule has 0 saturated carbocycles.